The molecule has 1 heterocycles. The molecule has 0 amide bonds. The Hall–Kier alpha value is -4.00. The molecule has 29 heavy (non-hydrogen) atoms. The third kappa shape index (κ3) is 5.26. The summed E-state index contributed by atoms with van der Waals surface area (Å²) in [6.07, 6.45) is 6.96. The number of esters is 2. The minimum Gasteiger partial charge on any atom is -0.465 e. The maximum Gasteiger partial charge on any atom is 0.337 e. The monoisotopic (exact) mass is 390 g/mol. The van der Waals surface area contributed by atoms with Gasteiger partial charge < -0.3 is 13.9 Å². The van der Waals surface area contributed by atoms with Crippen molar-refractivity contribution >= 4 is 36.2 Å². The van der Waals surface area contributed by atoms with Crippen LogP contribution in [0.15, 0.2) is 52.9 Å². The van der Waals surface area contributed by atoms with Crippen LogP contribution in [-0.4, -0.2) is 36.4 Å². The van der Waals surface area contributed by atoms with Gasteiger partial charge in [-0.3, -0.25) is 0 Å². The molecule has 0 atom stereocenters. The highest BCUT2D eigenvalue weighted by Gasteiger charge is 2.05. The van der Waals surface area contributed by atoms with Gasteiger partial charge in [0.2, 0.25) is 11.8 Å². The molecule has 0 fully saturated rings. The van der Waals surface area contributed by atoms with Gasteiger partial charge in [-0.2, -0.15) is 0 Å². The van der Waals surface area contributed by atoms with Crippen molar-refractivity contribution in [1.29, 1.82) is 0 Å². The molecule has 0 unspecified atom stereocenters. The first kappa shape index (κ1) is 19.8. The first-order chi connectivity index (χ1) is 14.1. The van der Waals surface area contributed by atoms with Crippen molar-refractivity contribution in [3.63, 3.8) is 0 Å². The van der Waals surface area contributed by atoms with Crippen molar-refractivity contribution in [2.45, 2.75) is 0 Å². The fraction of sp³-hybridized carbons (Fsp3) is 0.0909. The summed E-state index contributed by atoms with van der Waals surface area (Å²) in [7, 11) is 2.68. The molecule has 3 aromatic rings. The highest BCUT2D eigenvalue weighted by molar-refractivity contribution is 5.90. The topological polar surface area (TPSA) is 91.5 Å². The molecule has 146 valence electrons. The van der Waals surface area contributed by atoms with Crippen LogP contribution in [0.1, 0.15) is 43.6 Å². The zero-order valence-electron chi connectivity index (χ0n) is 15.9. The highest BCUT2D eigenvalue weighted by atomic mass is 16.5. The maximum absolute atomic E-state index is 11.4. The normalized spacial score (nSPS) is 11.1. The summed E-state index contributed by atoms with van der Waals surface area (Å²) in [5.41, 5.74) is 2.71. The number of methoxy groups -OCH3 is 2. The molecule has 7 nitrogen and oxygen atoms in total. The standard InChI is InChI=1S/C22H18N2O5/c1-27-21(25)17-9-3-15(4-10-17)7-13-19-23-24-20(29-19)14-8-16-5-11-18(12-6-16)22(26)28-2/h3-14H,1-2H3/b13-7+,14-8+. The Bertz CT molecular complexity index is 964. The predicted molar refractivity (Wildman–Crippen MR) is 108 cm³/mol. The summed E-state index contributed by atoms with van der Waals surface area (Å²) in [6.45, 7) is 0. The lowest BCUT2D eigenvalue weighted by Crippen LogP contribution is -2.00. The molecule has 0 bridgehead atoms. The SMILES string of the molecule is COC(=O)c1ccc(/C=C/c2nnc(/C=C/c3ccc(C(=O)OC)cc3)o2)cc1. The zero-order chi connectivity index (χ0) is 20.6. The Morgan fingerprint density at radius 1 is 0.690 bits per heavy atom. The summed E-state index contributed by atoms with van der Waals surface area (Å²) in [5.74, 6) is -0.0620. The molecule has 0 N–H and O–H groups in total. The Balaban J connectivity index is 1.63. The first-order valence-corrected chi connectivity index (χ1v) is 8.65. The lowest BCUT2D eigenvalue weighted by Gasteiger charge is -1.99. The van der Waals surface area contributed by atoms with E-state index in [4.69, 9.17) is 4.42 Å². The predicted octanol–water partition coefficient (Wildman–Crippen LogP) is 3.98. The van der Waals surface area contributed by atoms with Gasteiger partial charge in [-0.1, -0.05) is 24.3 Å². The second-order valence-electron chi connectivity index (χ2n) is 5.87. The zero-order valence-corrected chi connectivity index (χ0v) is 15.9. The van der Waals surface area contributed by atoms with Gasteiger partial charge in [0, 0.05) is 12.2 Å². The lowest BCUT2D eigenvalue weighted by molar-refractivity contribution is 0.0592. The minimum absolute atomic E-state index is 0.350. The van der Waals surface area contributed by atoms with Crippen LogP contribution in [0, 0.1) is 0 Å². The molecule has 0 aliphatic carbocycles. The van der Waals surface area contributed by atoms with Crippen LogP contribution in [0.4, 0.5) is 0 Å². The lowest BCUT2D eigenvalue weighted by atomic mass is 10.1. The van der Waals surface area contributed by atoms with E-state index >= 15 is 0 Å². The van der Waals surface area contributed by atoms with Gasteiger partial charge in [0.25, 0.3) is 0 Å². The van der Waals surface area contributed by atoms with Crippen LogP contribution >= 0.6 is 0 Å². The van der Waals surface area contributed by atoms with Gasteiger partial charge in [-0.05, 0) is 47.5 Å². The Kier molecular flexibility index (Phi) is 6.32. The van der Waals surface area contributed by atoms with E-state index in [0.717, 1.165) is 11.1 Å². The molecule has 0 spiro atoms. The van der Waals surface area contributed by atoms with Crippen LogP contribution in [0.2, 0.25) is 0 Å². The third-order valence-corrected chi connectivity index (χ3v) is 3.96. The van der Waals surface area contributed by atoms with Gasteiger partial charge in [-0.25, -0.2) is 9.59 Å². The number of nitrogens with zero attached hydrogens (tertiary/aromatic N) is 2. The average Bonchev–Trinajstić information content (AvgIpc) is 3.23. The van der Waals surface area contributed by atoms with E-state index in [1.54, 1.807) is 72.8 Å². The Morgan fingerprint density at radius 2 is 1.07 bits per heavy atom. The number of hydrogen-bond acceptors (Lipinski definition) is 7. The molecular formula is C22H18N2O5. The highest BCUT2D eigenvalue weighted by Crippen LogP contribution is 2.13. The summed E-state index contributed by atoms with van der Waals surface area (Å²) in [4.78, 5) is 22.9. The van der Waals surface area contributed by atoms with E-state index in [2.05, 4.69) is 19.7 Å². The van der Waals surface area contributed by atoms with Crippen LogP contribution < -0.4 is 0 Å². The first-order valence-electron chi connectivity index (χ1n) is 8.65. The molecule has 2 aromatic carbocycles. The fourth-order valence-corrected chi connectivity index (χ4v) is 2.41. The molecule has 0 saturated carbocycles. The summed E-state index contributed by atoms with van der Waals surface area (Å²) >= 11 is 0. The molecule has 3 rings (SSSR count). The smallest absolute Gasteiger partial charge is 0.337 e. The van der Waals surface area contributed by atoms with Crippen molar-refractivity contribution in [3.05, 3.63) is 82.6 Å². The average molecular weight is 390 g/mol. The van der Waals surface area contributed by atoms with E-state index in [0.29, 0.717) is 22.9 Å². The second-order valence-corrected chi connectivity index (χ2v) is 5.87. The van der Waals surface area contributed by atoms with E-state index in [1.165, 1.54) is 14.2 Å². The van der Waals surface area contributed by atoms with E-state index < -0.39 is 0 Å². The maximum atomic E-state index is 11.4. The van der Waals surface area contributed by atoms with E-state index in [1.807, 2.05) is 0 Å². The van der Waals surface area contributed by atoms with Crippen LogP contribution in [0.5, 0.6) is 0 Å². The quantitative estimate of drug-likeness (QED) is 0.588. The van der Waals surface area contributed by atoms with E-state index in [-0.39, 0.29) is 11.9 Å². The van der Waals surface area contributed by atoms with Crippen molar-refractivity contribution in [2.24, 2.45) is 0 Å². The van der Waals surface area contributed by atoms with Crippen molar-refractivity contribution in [3.8, 4) is 0 Å². The van der Waals surface area contributed by atoms with Gasteiger partial charge in [0.1, 0.15) is 0 Å². The Morgan fingerprint density at radius 3 is 1.41 bits per heavy atom. The van der Waals surface area contributed by atoms with Gasteiger partial charge >= 0.3 is 11.9 Å². The molecule has 0 aliphatic heterocycles. The van der Waals surface area contributed by atoms with Crippen molar-refractivity contribution < 1.29 is 23.5 Å². The number of ether oxygens (including phenoxy) is 2. The third-order valence-electron chi connectivity index (χ3n) is 3.96. The van der Waals surface area contributed by atoms with Crippen molar-refractivity contribution in [2.75, 3.05) is 14.2 Å². The fourth-order valence-electron chi connectivity index (χ4n) is 2.41. The van der Waals surface area contributed by atoms with Crippen LogP contribution in [-0.2, 0) is 9.47 Å². The van der Waals surface area contributed by atoms with Crippen LogP contribution in [0.25, 0.3) is 24.3 Å². The number of rotatable bonds is 6. The molecular weight excluding hydrogens is 372 g/mol. The largest absolute Gasteiger partial charge is 0.465 e. The molecule has 0 aliphatic rings. The molecule has 0 saturated heterocycles. The number of carbonyl (C=O) groups excluding carboxylic acids is 2. The number of hydrogen-bond donors (Lipinski definition) is 0. The Labute approximate surface area is 167 Å². The number of aromatic nitrogens is 2. The number of carbonyl (C=O) groups is 2. The van der Waals surface area contributed by atoms with E-state index in [9.17, 15) is 9.59 Å². The van der Waals surface area contributed by atoms with Gasteiger partial charge in [0.05, 0.1) is 25.3 Å². The number of benzene rings is 2. The van der Waals surface area contributed by atoms with Crippen molar-refractivity contribution in [1.82, 2.24) is 10.2 Å². The van der Waals surface area contributed by atoms with Gasteiger partial charge in [-0.15, -0.1) is 10.2 Å². The minimum atomic E-state index is -0.381. The second kappa shape index (κ2) is 9.27. The summed E-state index contributed by atoms with van der Waals surface area (Å²) in [5, 5.41) is 7.92. The van der Waals surface area contributed by atoms with Crippen LogP contribution in [0.3, 0.4) is 0 Å². The summed E-state index contributed by atoms with van der Waals surface area (Å²) in [6, 6.07) is 13.9. The molecule has 1 aromatic heterocycles. The molecule has 0 radical (unpaired) electrons. The summed E-state index contributed by atoms with van der Waals surface area (Å²) < 4.78 is 14.9. The van der Waals surface area contributed by atoms with Gasteiger partial charge in [0.15, 0.2) is 0 Å². The molecule has 7 heteroatoms.